The van der Waals surface area contributed by atoms with Gasteiger partial charge < -0.3 is 15.2 Å². The molecular formula is C13H21NO4S. The molecule has 6 heteroatoms. The lowest BCUT2D eigenvalue weighted by atomic mass is 9.95. The van der Waals surface area contributed by atoms with Gasteiger partial charge in [-0.2, -0.15) is 0 Å². The zero-order chi connectivity index (χ0) is 14.8. The minimum atomic E-state index is -3.44. The van der Waals surface area contributed by atoms with Crippen LogP contribution in [0.1, 0.15) is 19.4 Å². The highest BCUT2D eigenvalue weighted by Crippen LogP contribution is 2.35. The van der Waals surface area contributed by atoms with Gasteiger partial charge in [0.1, 0.15) is 16.4 Å². The second-order valence-electron chi connectivity index (χ2n) is 5.22. The molecule has 0 bridgehead atoms. The lowest BCUT2D eigenvalue weighted by Gasteiger charge is -2.23. The van der Waals surface area contributed by atoms with Crippen LogP contribution in [-0.2, 0) is 16.3 Å². The van der Waals surface area contributed by atoms with Gasteiger partial charge in [0.15, 0.2) is 9.84 Å². The smallest absolute Gasteiger partial charge is 0.179 e. The summed E-state index contributed by atoms with van der Waals surface area (Å²) < 4.78 is 34.4. The second-order valence-corrected chi connectivity index (χ2v) is 7.17. The average Bonchev–Trinajstić information content (AvgIpc) is 2.24. The van der Waals surface area contributed by atoms with E-state index in [1.807, 2.05) is 13.8 Å². The zero-order valence-corrected chi connectivity index (χ0v) is 12.8. The second kappa shape index (κ2) is 5.38. The van der Waals surface area contributed by atoms with E-state index in [9.17, 15) is 8.42 Å². The highest BCUT2D eigenvalue weighted by Gasteiger charge is 2.26. The molecule has 0 amide bonds. The molecule has 0 aromatic heterocycles. The summed E-state index contributed by atoms with van der Waals surface area (Å²) in [5, 5.41) is 0. The Morgan fingerprint density at radius 3 is 2.00 bits per heavy atom. The Labute approximate surface area is 114 Å². The van der Waals surface area contributed by atoms with Crippen LogP contribution in [0.15, 0.2) is 17.0 Å². The zero-order valence-electron chi connectivity index (χ0n) is 12.0. The minimum absolute atomic E-state index is 0.146. The molecule has 2 N–H and O–H groups in total. The van der Waals surface area contributed by atoms with E-state index in [0.29, 0.717) is 23.5 Å². The molecule has 0 unspecified atom stereocenters. The Bertz CT molecular complexity index is 559. The molecule has 0 atom stereocenters. The van der Waals surface area contributed by atoms with Gasteiger partial charge in [0.25, 0.3) is 0 Å². The van der Waals surface area contributed by atoms with Crippen molar-refractivity contribution in [1.82, 2.24) is 0 Å². The first-order chi connectivity index (χ1) is 8.60. The molecule has 1 aromatic carbocycles. The van der Waals surface area contributed by atoms with Crippen molar-refractivity contribution in [3.63, 3.8) is 0 Å². The molecular weight excluding hydrogens is 266 g/mol. The van der Waals surface area contributed by atoms with E-state index in [2.05, 4.69) is 0 Å². The Kier molecular flexibility index (Phi) is 4.47. The molecule has 0 radical (unpaired) electrons. The van der Waals surface area contributed by atoms with Crippen LogP contribution in [0.5, 0.6) is 11.5 Å². The summed E-state index contributed by atoms with van der Waals surface area (Å²) in [6, 6.07) is 3.27. The number of hydrogen-bond donors (Lipinski definition) is 1. The number of hydrogen-bond acceptors (Lipinski definition) is 5. The molecule has 0 aliphatic rings. The van der Waals surface area contributed by atoms with Crippen molar-refractivity contribution in [1.29, 1.82) is 0 Å². The monoisotopic (exact) mass is 287 g/mol. The van der Waals surface area contributed by atoms with E-state index in [0.717, 1.165) is 6.26 Å². The van der Waals surface area contributed by atoms with E-state index in [4.69, 9.17) is 15.2 Å². The molecule has 5 nitrogen and oxygen atoms in total. The van der Waals surface area contributed by atoms with Crippen LogP contribution in [0.25, 0.3) is 0 Å². The summed E-state index contributed by atoms with van der Waals surface area (Å²) >= 11 is 0. The third-order valence-electron chi connectivity index (χ3n) is 2.62. The Balaban J connectivity index is 3.62. The van der Waals surface area contributed by atoms with Crippen molar-refractivity contribution in [2.45, 2.75) is 30.7 Å². The van der Waals surface area contributed by atoms with E-state index < -0.39 is 15.4 Å². The van der Waals surface area contributed by atoms with Crippen LogP contribution in [-0.4, -0.2) is 34.4 Å². The first-order valence-electron chi connectivity index (χ1n) is 5.83. The molecule has 0 fully saturated rings. The topological polar surface area (TPSA) is 78.6 Å². The first-order valence-corrected chi connectivity index (χ1v) is 7.72. The maximum atomic E-state index is 12.0. The highest BCUT2D eigenvalue weighted by atomic mass is 32.2. The Morgan fingerprint density at radius 1 is 1.16 bits per heavy atom. The normalized spacial score (nSPS) is 12.3. The molecule has 1 rings (SSSR count). The molecule has 0 spiro atoms. The lowest BCUT2D eigenvalue weighted by molar-refractivity contribution is 0.381. The van der Waals surface area contributed by atoms with Crippen LogP contribution in [0, 0.1) is 0 Å². The van der Waals surface area contributed by atoms with E-state index in [1.165, 1.54) is 14.2 Å². The summed E-state index contributed by atoms with van der Waals surface area (Å²) in [7, 11) is -0.503. The summed E-state index contributed by atoms with van der Waals surface area (Å²) in [5.74, 6) is 0.808. The van der Waals surface area contributed by atoms with E-state index >= 15 is 0 Å². The maximum absolute atomic E-state index is 12.0. The van der Waals surface area contributed by atoms with E-state index in [1.54, 1.807) is 12.1 Å². The number of methoxy groups -OCH3 is 2. The quantitative estimate of drug-likeness (QED) is 0.885. The number of rotatable bonds is 5. The van der Waals surface area contributed by atoms with Gasteiger partial charge in [-0.1, -0.05) is 0 Å². The largest absolute Gasteiger partial charge is 0.496 e. The maximum Gasteiger partial charge on any atom is 0.179 e. The predicted molar refractivity (Wildman–Crippen MR) is 74.6 cm³/mol. The number of nitrogens with two attached hydrogens (primary N) is 1. The van der Waals surface area contributed by atoms with Gasteiger partial charge >= 0.3 is 0 Å². The van der Waals surface area contributed by atoms with Gasteiger partial charge in [-0.25, -0.2) is 8.42 Å². The van der Waals surface area contributed by atoms with E-state index in [-0.39, 0.29) is 4.90 Å². The molecule has 108 valence electrons. The SMILES string of the molecule is COc1ccc(OC)c(S(C)(=O)=O)c1CC(C)(C)N. The average molecular weight is 287 g/mol. The van der Waals surface area contributed by atoms with Gasteiger partial charge in [-0.05, 0) is 32.4 Å². The summed E-state index contributed by atoms with van der Waals surface area (Å²) in [6.45, 7) is 3.66. The molecule has 0 aliphatic heterocycles. The Hall–Kier alpha value is -1.27. The van der Waals surface area contributed by atoms with Gasteiger partial charge in [0.2, 0.25) is 0 Å². The number of benzene rings is 1. The standard InChI is InChI=1S/C13H21NO4S/c1-13(2,14)8-9-10(17-3)6-7-11(18-4)12(9)19(5,15)16/h6-7H,8,14H2,1-5H3. The molecule has 0 saturated carbocycles. The minimum Gasteiger partial charge on any atom is -0.496 e. The van der Waals surface area contributed by atoms with Gasteiger partial charge in [0.05, 0.1) is 14.2 Å². The summed E-state index contributed by atoms with van der Waals surface area (Å²) in [5.41, 5.74) is 6.00. The summed E-state index contributed by atoms with van der Waals surface area (Å²) in [6.07, 6.45) is 1.52. The van der Waals surface area contributed by atoms with Crippen LogP contribution in [0.4, 0.5) is 0 Å². The first kappa shape index (κ1) is 15.8. The van der Waals surface area contributed by atoms with Crippen LogP contribution >= 0.6 is 0 Å². The molecule has 1 aromatic rings. The fourth-order valence-corrected chi connectivity index (χ4v) is 3.11. The van der Waals surface area contributed by atoms with Gasteiger partial charge in [-0.3, -0.25) is 0 Å². The predicted octanol–water partition coefficient (Wildman–Crippen LogP) is 1.39. The van der Waals surface area contributed by atoms with Crippen LogP contribution in [0.3, 0.4) is 0 Å². The van der Waals surface area contributed by atoms with Gasteiger partial charge in [0, 0.05) is 17.4 Å². The van der Waals surface area contributed by atoms with Gasteiger partial charge in [-0.15, -0.1) is 0 Å². The molecule has 0 aliphatic carbocycles. The Morgan fingerprint density at radius 2 is 1.63 bits per heavy atom. The molecule has 19 heavy (non-hydrogen) atoms. The lowest BCUT2D eigenvalue weighted by Crippen LogP contribution is -2.35. The van der Waals surface area contributed by atoms with Crippen molar-refractivity contribution in [3.8, 4) is 11.5 Å². The van der Waals surface area contributed by atoms with Crippen LogP contribution in [0.2, 0.25) is 0 Å². The van der Waals surface area contributed by atoms with Crippen LogP contribution < -0.4 is 15.2 Å². The molecule has 0 heterocycles. The number of sulfone groups is 1. The summed E-state index contributed by atoms with van der Waals surface area (Å²) in [4.78, 5) is 0.146. The van der Waals surface area contributed by atoms with Crippen molar-refractivity contribution >= 4 is 9.84 Å². The van der Waals surface area contributed by atoms with Crippen molar-refractivity contribution in [2.75, 3.05) is 20.5 Å². The highest BCUT2D eigenvalue weighted by molar-refractivity contribution is 7.90. The third kappa shape index (κ3) is 3.84. The van der Waals surface area contributed by atoms with Crippen molar-refractivity contribution in [2.24, 2.45) is 5.73 Å². The third-order valence-corrected chi connectivity index (χ3v) is 3.81. The fraction of sp³-hybridized carbons (Fsp3) is 0.538. The van der Waals surface area contributed by atoms with Crippen molar-refractivity contribution < 1.29 is 17.9 Å². The number of ether oxygens (including phenoxy) is 2. The molecule has 0 saturated heterocycles. The van der Waals surface area contributed by atoms with Crippen molar-refractivity contribution in [3.05, 3.63) is 17.7 Å². The fourth-order valence-electron chi connectivity index (χ4n) is 1.97.